The van der Waals surface area contributed by atoms with E-state index in [9.17, 15) is 9.90 Å². The predicted molar refractivity (Wildman–Crippen MR) is 125 cm³/mol. The summed E-state index contributed by atoms with van der Waals surface area (Å²) in [5.41, 5.74) is -0.489. The molecule has 1 aliphatic rings. The standard InChI is InChI=1S/C26H47NO2/c1-2-3-4-5-6-7-8-9-10-11-12-13-14-15-16-20-23-27-24-26(25(28)29)21-18-17-19-22-26/h6-7,9-10,27H,2-5,8,11-24H2,1H3,(H,28,29). The Morgan fingerprint density at radius 2 is 1.41 bits per heavy atom. The molecule has 0 radical (unpaired) electrons. The van der Waals surface area contributed by atoms with Gasteiger partial charge in [-0.3, -0.25) is 4.79 Å². The average Bonchev–Trinajstić information content (AvgIpc) is 2.73. The second-order valence-electron chi connectivity index (χ2n) is 8.91. The number of carboxylic acid groups (broad SMARTS) is 1. The van der Waals surface area contributed by atoms with E-state index < -0.39 is 11.4 Å². The molecule has 1 saturated carbocycles. The number of carbonyl (C=O) groups is 1. The quantitative estimate of drug-likeness (QED) is 0.184. The maximum atomic E-state index is 11.6. The molecular formula is C26H47NO2. The van der Waals surface area contributed by atoms with Crippen LogP contribution in [0.1, 0.15) is 116 Å². The summed E-state index contributed by atoms with van der Waals surface area (Å²) in [5, 5.41) is 13.0. The minimum Gasteiger partial charge on any atom is -0.481 e. The Bertz CT molecular complexity index is 450. The van der Waals surface area contributed by atoms with Gasteiger partial charge in [-0.05, 0) is 57.9 Å². The second-order valence-corrected chi connectivity index (χ2v) is 8.91. The third kappa shape index (κ3) is 12.9. The molecular weight excluding hydrogens is 358 g/mol. The van der Waals surface area contributed by atoms with Crippen molar-refractivity contribution in [1.82, 2.24) is 5.32 Å². The van der Waals surface area contributed by atoms with E-state index in [0.29, 0.717) is 6.54 Å². The molecule has 0 aliphatic heterocycles. The molecule has 3 heteroatoms. The van der Waals surface area contributed by atoms with E-state index in [-0.39, 0.29) is 0 Å². The fraction of sp³-hybridized carbons (Fsp3) is 0.808. The lowest BCUT2D eigenvalue weighted by Crippen LogP contribution is -2.42. The normalized spacial score (nSPS) is 16.7. The third-order valence-electron chi connectivity index (χ3n) is 6.28. The van der Waals surface area contributed by atoms with Gasteiger partial charge in [0, 0.05) is 6.54 Å². The van der Waals surface area contributed by atoms with Gasteiger partial charge in [-0.2, -0.15) is 0 Å². The minimum absolute atomic E-state index is 0.489. The summed E-state index contributed by atoms with van der Waals surface area (Å²) >= 11 is 0. The summed E-state index contributed by atoms with van der Waals surface area (Å²) in [6.45, 7) is 3.87. The summed E-state index contributed by atoms with van der Waals surface area (Å²) in [6, 6.07) is 0. The number of nitrogens with one attached hydrogen (secondary N) is 1. The van der Waals surface area contributed by atoms with Crippen LogP contribution < -0.4 is 5.32 Å². The summed E-state index contributed by atoms with van der Waals surface area (Å²) in [5.74, 6) is -0.596. The van der Waals surface area contributed by atoms with E-state index in [2.05, 4.69) is 36.5 Å². The van der Waals surface area contributed by atoms with Gasteiger partial charge in [0.15, 0.2) is 0 Å². The zero-order chi connectivity index (χ0) is 21.0. The van der Waals surface area contributed by atoms with Crippen molar-refractivity contribution in [2.75, 3.05) is 13.1 Å². The molecule has 0 aromatic carbocycles. The molecule has 1 fully saturated rings. The van der Waals surface area contributed by atoms with E-state index in [1.807, 2.05) is 0 Å². The van der Waals surface area contributed by atoms with Gasteiger partial charge in [-0.1, -0.05) is 89.0 Å². The maximum absolute atomic E-state index is 11.6. The summed E-state index contributed by atoms with van der Waals surface area (Å²) in [4.78, 5) is 11.6. The van der Waals surface area contributed by atoms with Crippen LogP contribution >= 0.6 is 0 Å². The molecule has 0 spiro atoms. The van der Waals surface area contributed by atoms with Gasteiger partial charge in [-0.25, -0.2) is 0 Å². The van der Waals surface area contributed by atoms with Crippen molar-refractivity contribution >= 4 is 5.97 Å². The zero-order valence-electron chi connectivity index (χ0n) is 19.1. The number of hydrogen-bond acceptors (Lipinski definition) is 2. The minimum atomic E-state index is -0.596. The molecule has 0 heterocycles. The monoisotopic (exact) mass is 405 g/mol. The molecule has 2 N–H and O–H groups in total. The molecule has 168 valence electrons. The van der Waals surface area contributed by atoms with Crippen molar-refractivity contribution in [2.24, 2.45) is 5.41 Å². The summed E-state index contributed by atoms with van der Waals surface area (Å²) in [6.07, 6.45) is 29.5. The van der Waals surface area contributed by atoms with Crippen molar-refractivity contribution in [3.05, 3.63) is 24.3 Å². The van der Waals surface area contributed by atoms with Gasteiger partial charge >= 0.3 is 5.97 Å². The highest BCUT2D eigenvalue weighted by Gasteiger charge is 2.38. The smallest absolute Gasteiger partial charge is 0.310 e. The fourth-order valence-electron chi connectivity index (χ4n) is 4.26. The number of unbranched alkanes of at least 4 members (excludes halogenated alkanes) is 9. The highest BCUT2D eigenvalue weighted by Crippen LogP contribution is 2.35. The molecule has 0 aromatic rings. The van der Waals surface area contributed by atoms with Crippen molar-refractivity contribution in [3.8, 4) is 0 Å². The molecule has 0 aromatic heterocycles. The fourth-order valence-corrected chi connectivity index (χ4v) is 4.26. The zero-order valence-corrected chi connectivity index (χ0v) is 19.1. The Labute approximate surface area is 180 Å². The Hall–Kier alpha value is -1.09. The number of aliphatic carboxylic acids is 1. The van der Waals surface area contributed by atoms with Gasteiger partial charge in [0.1, 0.15) is 0 Å². The number of allylic oxidation sites excluding steroid dienone is 4. The first kappa shape index (κ1) is 25.9. The van der Waals surface area contributed by atoms with Crippen LogP contribution in [0.5, 0.6) is 0 Å². The Balaban J connectivity index is 1.87. The lowest BCUT2D eigenvalue weighted by molar-refractivity contribution is -0.150. The van der Waals surface area contributed by atoms with Gasteiger partial charge in [0.05, 0.1) is 5.41 Å². The number of rotatable bonds is 18. The SMILES string of the molecule is CCCCCC=CCC=CCCCCCCCCNCC1(C(=O)O)CCCCC1. The van der Waals surface area contributed by atoms with E-state index in [0.717, 1.165) is 38.6 Å². The van der Waals surface area contributed by atoms with E-state index in [1.54, 1.807) is 0 Å². The van der Waals surface area contributed by atoms with Crippen molar-refractivity contribution in [1.29, 1.82) is 0 Å². The van der Waals surface area contributed by atoms with Crippen LogP contribution in [0.2, 0.25) is 0 Å². The first-order valence-electron chi connectivity index (χ1n) is 12.5. The average molecular weight is 406 g/mol. The number of hydrogen-bond donors (Lipinski definition) is 2. The van der Waals surface area contributed by atoms with E-state index >= 15 is 0 Å². The van der Waals surface area contributed by atoms with Crippen molar-refractivity contribution in [3.63, 3.8) is 0 Å². The first-order valence-corrected chi connectivity index (χ1v) is 12.5. The lowest BCUT2D eigenvalue weighted by Gasteiger charge is -2.33. The van der Waals surface area contributed by atoms with Gasteiger partial charge in [0.25, 0.3) is 0 Å². The Morgan fingerprint density at radius 1 is 0.828 bits per heavy atom. The molecule has 1 aliphatic carbocycles. The third-order valence-corrected chi connectivity index (χ3v) is 6.28. The Kier molecular flexibility index (Phi) is 15.9. The first-order chi connectivity index (χ1) is 14.2. The van der Waals surface area contributed by atoms with Crippen LogP contribution in [0.15, 0.2) is 24.3 Å². The maximum Gasteiger partial charge on any atom is 0.310 e. The van der Waals surface area contributed by atoms with Gasteiger partial charge in [-0.15, -0.1) is 0 Å². The van der Waals surface area contributed by atoms with Gasteiger partial charge < -0.3 is 10.4 Å². The molecule has 1 rings (SSSR count). The van der Waals surface area contributed by atoms with Crippen LogP contribution in [-0.4, -0.2) is 24.2 Å². The largest absolute Gasteiger partial charge is 0.481 e. The highest BCUT2D eigenvalue weighted by atomic mass is 16.4. The highest BCUT2D eigenvalue weighted by molar-refractivity contribution is 5.75. The van der Waals surface area contributed by atoms with Crippen LogP contribution in [0.25, 0.3) is 0 Å². The van der Waals surface area contributed by atoms with Crippen LogP contribution in [0.3, 0.4) is 0 Å². The topological polar surface area (TPSA) is 49.3 Å². The van der Waals surface area contributed by atoms with Gasteiger partial charge in [0.2, 0.25) is 0 Å². The number of carboxylic acids is 1. The molecule has 0 unspecified atom stereocenters. The lowest BCUT2D eigenvalue weighted by atomic mass is 9.74. The van der Waals surface area contributed by atoms with Crippen LogP contribution in [-0.2, 0) is 4.79 Å². The summed E-state index contributed by atoms with van der Waals surface area (Å²) in [7, 11) is 0. The molecule has 0 bridgehead atoms. The van der Waals surface area contributed by atoms with E-state index in [4.69, 9.17) is 0 Å². The van der Waals surface area contributed by atoms with Crippen molar-refractivity contribution < 1.29 is 9.90 Å². The Morgan fingerprint density at radius 3 is 2.03 bits per heavy atom. The molecule has 29 heavy (non-hydrogen) atoms. The molecule has 3 nitrogen and oxygen atoms in total. The molecule has 0 saturated heterocycles. The van der Waals surface area contributed by atoms with Crippen LogP contribution in [0.4, 0.5) is 0 Å². The van der Waals surface area contributed by atoms with Crippen molar-refractivity contribution in [2.45, 2.75) is 116 Å². The second kappa shape index (κ2) is 17.7. The van der Waals surface area contributed by atoms with E-state index in [1.165, 1.54) is 77.0 Å². The predicted octanol–water partition coefficient (Wildman–Crippen LogP) is 7.42. The summed E-state index contributed by atoms with van der Waals surface area (Å²) < 4.78 is 0. The van der Waals surface area contributed by atoms with Crippen LogP contribution in [0, 0.1) is 5.41 Å². The molecule has 0 atom stereocenters. The molecule has 0 amide bonds.